The first-order valence-electron chi connectivity index (χ1n) is 5.34. The molecule has 7 heteroatoms. The summed E-state index contributed by atoms with van der Waals surface area (Å²) in [5.74, 6) is 0. The maximum absolute atomic E-state index is 12.0. The van der Waals surface area contributed by atoms with Gasteiger partial charge in [0.1, 0.15) is 0 Å². The average Bonchev–Trinajstić information content (AvgIpc) is 2.90. The summed E-state index contributed by atoms with van der Waals surface area (Å²) in [5.41, 5.74) is 0.635. The number of rotatable bonds is 4. The van der Waals surface area contributed by atoms with Crippen LogP contribution in [0.25, 0.3) is 0 Å². The minimum atomic E-state index is -3.62. The molecule has 1 aromatic heterocycles. The van der Waals surface area contributed by atoms with Gasteiger partial charge in [-0.15, -0.1) is 11.3 Å². The van der Waals surface area contributed by atoms with Crippen molar-refractivity contribution < 1.29 is 8.42 Å². The topological polar surface area (TPSA) is 58.5 Å². The highest BCUT2D eigenvalue weighted by atomic mass is 79.9. The third-order valence-corrected chi connectivity index (χ3v) is 5.07. The Morgan fingerprint density at radius 2 is 1.95 bits per heavy atom. The van der Waals surface area contributed by atoms with Crippen molar-refractivity contribution in [2.24, 2.45) is 5.10 Å². The van der Waals surface area contributed by atoms with E-state index < -0.39 is 10.0 Å². The van der Waals surface area contributed by atoms with Gasteiger partial charge in [0.05, 0.1) is 15.5 Å². The van der Waals surface area contributed by atoms with E-state index in [0.717, 1.165) is 9.35 Å². The van der Waals surface area contributed by atoms with Crippen LogP contribution in [0, 0.1) is 0 Å². The zero-order chi connectivity index (χ0) is 13.9. The maximum atomic E-state index is 12.0. The van der Waals surface area contributed by atoms with Crippen molar-refractivity contribution in [2.75, 3.05) is 0 Å². The third kappa shape index (κ3) is 3.65. The lowest BCUT2D eigenvalue weighted by molar-refractivity contribution is 0.584. The Hall–Kier alpha value is -1.18. The van der Waals surface area contributed by atoms with Crippen LogP contribution in [0.2, 0.25) is 0 Å². The van der Waals surface area contributed by atoms with Crippen LogP contribution in [0.15, 0.2) is 56.2 Å². The molecule has 0 unspecified atom stereocenters. The normalized spacial score (nSPS) is 12.4. The first kappa shape index (κ1) is 14.2. The lowest BCUT2D eigenvalue weighted by Crippen LogP contribution is -2.19. The van der Waals surface area contributed by atoms with Gasteiger partial charge in [-0.3, -0.25) is 0 Å². The molecule has 0 aliphatic heterocycles. The lowest BCUT2D eigenvalue weighted by atomic mass is 10.3. The van der Waals surface area contributed by atoms with Crippen molar-refractivity contribution in [3.8, 4) is 0 Å². The SMILES string of the molecule is C/C(=N\NS(=O)(=O)c1ccc(Br)cc1)c1cccs1. The quantitative estimate of drug-likeness (QED) is 0.673. The fourth-order valence-electron chi connectivity index (χ4n) is 1.33. The number of hydrogen-bond acceptors (Lipinski definition) is 4. The zero-order valence-corrected chi connectivity index (χ0v) is 13.2. The average molecular weight is 359 g/mol. The van der Waals surface area contributed by atoms with E-state index >= 15 is 0 Å². The van der Waals surface area contributed by atoms with Crippen molar-refractivity contribution in [1.82, 2.24) is 4.83 Å². The summed E-state index contributed by atoms with van der Waals surface area (Å²) in [6.45, 7) is 1.76. The summed E-state index contributed by atoms with van der Waals surface area (Å²) in [6.07, 6.45) is 0. The number of thiophene rings is 1. The standard InChI is InChI=1S/C12H11BrN2O2S2/c1-9(12-3-2-8-18-12)14-15-19(16,17)11-6-4-10(13)5-7-11/h2-8,15H,1H3/b14-9+. The second-order valence-corrected chi connectivity index (χ2v) is 7.25. The summed E-state index contributed by atoms with van der Waals surface area (Å²) < 4.78 is 24.8. The largest absolute Gasteiger partial charge is 0.276 e. The zero-order valence-electron chi connectivity index (χ0n) is 10.00. The summed E-state index contributed by atoms with van der Waals surface area (Å²) in [7, 11) is -3.62. The molecule has 0 radical (unpaired) electrons. The van der Waals surface area contributed by atoms with Gasteiger partial charge in [-0.2, -0.15) is 18.4 Å². The van der Waals surface area contributed by atoms with E-state index in [1.165, 1.54) is 23.5 Å². The maximum Gasteiger partial charge on any atom is 0.276 e. The van der Waals surface area contributed by atoms with E-state index in [2.05, 4.69) is 25.9 Å². The van der Waals surface area contributed by atoms with E-state index in [-0.39, 0.29) is 4.90 Å². The molecule has 2 rings (SSSR count). The van der Waals surface area contributed by atoms with Gasteiger partial charge in [0, 0.05) is 4.47 Å². The van der Waals surface area contributed by atoms with Gasteiger partial charge < -0.3 is 0 Å². The number of halogens is 1. The molecule has 0 fully saturated rings. The van der Waals surface area contributed by atoms with Crippen LogP contribution in [-0.4, -0.2) is 14.1 Å². The molecule has 0 spiro atoms. The van der Waals surface area contributed by atoms with Crippen LogP contribution < -0.4 is 4.83 Å². The molecule has 0 atom stereocenters. The fraction of sp³-hybridized carbons (Fsp3) is 0.0833. The van der Waals surface area contributed by atoms with Crippen molar-refractivity contribution in [3.63, 3.8) is 0 Å². The highest BCUT2D eigenvalue weighted by Crippen LogP contribution is 2.15. The molecule has 1 N–H and O–H groups in total. The molecular formula is C12H11BrN2O2S2. The smallest absolute Gasteiger partial charge is 0.200 e. The molecule has 1 aromatic carbocycles. The van der Waals surface area contributed by atoms with Crippen LogP contribution >= 0.6 is 27.3 Å². The Balaban J connectivity index is 2.18. The number of hydrazone groups is 1. The molecule has 0 saturated heterocycles. The predicted molar refractivity (Wildman–Crippen MR) is 81.0 cm³/mol. The van der Waals surface area contributed by atoms with Crippen molar-refractivity contribution in [2.45, 2.75) is 11.8 Å². The van der Waals surface area contributed by atoms with Crippen LogP contribution in [-0.2, 0) is 10.0 Å². The van der Waals surface area contributed by atoms with Crippen molar-refractivity contribution in [3.05, 3.63) is 51.1 Å². The molecule has 1 heterocycles. The number of sulfonamides is 1. The van der Waals surface area contributed by atoms with Gasteiger partial charge in [0.2, 0.25) is 0 Å². The number of nitrogens with one attached hydrogen (secondary N) is 1. The Morgan fingerprint density at radius 1 is 1.26 bits per heavy atom. The van der Waals surface area contributed by atoms with E-state index in [9.17, 15) is 8.42 Å². The minimum absolute atomic E-state index is 0.179. The third-order valence-electron chi connectivity index (χ3n) is 2.34. The monoisotopic (exact) mass is 358 g/mol. The molecule has 0 saturated carbocycles. The van der Waals surface area contributed by atoms with E-state index in [0.29, 0.717) is 5.71 Å². The number of nitrogens with zero attached hydrogens (tertiary/aromatic N) is 1. The predicted octanol–water partition coefficient (Wildman–Crippen LogP) is 3.21. The van der Waals surface area contributed by atoms with Crippen LogP contribution in [0.1, 0.15) is 11.8 Å². The summed E-state index contributed by atoms with van der Waals surface area (Å²) in [6, 6.07) is 10.2. The van der Waals surface area contributed by atoms with Crippen LogP contribution in [0.3, 0.4) is 0 Å². The second kappa shape index (κ2) is 5.85. The van der Waals surface area contributed by atoms with E-state index in [4.69, 9.17) is 0 Å². The minimum Gasteiger partial charge on any atom is -0.200 e. The molecule has 4 nitrogen and oxygen atoms in total. The molecule has 0 aliphatic carbocycles. The van der Waals surface area contributed by atoms with Gasteiger partial charge in [0.25, 0.3) is 10.0 Å². The summed E-state index contributed by atoms with van der Waals surface area (Å²) in [4.78, 5) is 3.34. The van der Waals surface area contributed by atoms with Gasteiger partial charge >= 0.3 is 0 Å². The van der Waals surface area contributed by atoms with E-state index in [1.807, 2.05) is 17.5 Å². The first-order valence-corrected chi connectivity index (χ1v) is 8.50. The van der Waals surface area contributed by atoms with Crippen molar-refractivity contribution >= 4 is 43.0 Å². The number of hydrogen-bond donors (Lipinski definition) is 1. The fourth-order valence-corrected chi connectivity index (χ4v) is 3.13. The summed E-state index contributed by atoms with van der Waals surface area (Å²) >= 11 is 4.77. The highest BCUT2D eigenvalue weighted by Gasteiger charge is 2.12. The van der Waals surface area contributed by atoms with Crippen LogP contribution in [0.4, 0.5) is 0 Å². The van der Waals surface area contributed by atoms with Gasteiger partial charge in [-0.25, -0.2) is 0 Å². The number of benzene rings is 1. The Labute approximate surface area is 124 Å². The van der Waals surface area contributed by atoms with Crippen LogP contribution in [0.5, 0.6) is 0 Å². The molecule has 100 valence electrons. The van der Waals surface area contributed by atoms with Gasteiger partial charge in [-0.1, -0.05) is 22.0 Å². The molecule has 19 heavy (non-hydrogen) atoms. The summed E-state index contributed by atoms with van der Waals surface area (Å²) in [5, 5.41) is 5.83. The molecule has 0 amide bonds. The molecule has 0 aliphatic rings. The van der Waals surface area contributed by atoms with E-state index in [1.54, 1.807) is 19.1 Å². The van der Waals surface area contributed by atoms with Crippen molar-refractivity contribution in [1.29, 1.82) is 0 Å². The Morgan fingerprint density at radius 3 is 2.53 bits per heavy atom. The Kier molecular flexibility index (Phi) is 4.38. The second-order valence-electron chi connectivity index (χ2n) is 3.72. The van der Waals surface area contributed by atoms with Gasteiger partial charge in [0.15, 0.2) is 0 Å². The molecule has 2 aromatic rings. The van der Waals surface area contributed by atoms with Gasteiger partial charge in [-0.05, 0) is 42.6 Å². The first-order chi connectivity index (χ1) is 8.99. The highest BCUT2D eigenvalue weighted by molar-refractivity contribution is 9.10. The lowest BCUT2D eigenvalue weighted by Gasteiger charge is -2.04. The Bertz CT molecular complexity index is 677. The molecular weight excluding hydrogens is 348 g/mol. The molecule has 0 bridgehead atoms.